The lowest BCUT2D eigenvalue weighted by atomic mass is 10.1. The molecular formula is C17H23NO2. The van der Waals surface area contributed by atoms with Gasteiger partial charge in [0.2, 0.25) is 0 Å². The molecule has 1 atom stereocenters. The van der Waals surface area contributed by atoms with E-state index in [0.29, 0.717) is 6.04 Å². The highest BCUT2D eigenvalue weighted by Gasteiger charge is 2.23. The van der Waals surface area contributed by atoms with Crippen LogP contribution in [0.3, 0.4) is 0 Å². The highest BCUT2D eigenvalue weighted by Crippen LogP contribution is 2.25. The number of likely N-dealkylation sites (tertiary alicyclic amines) is 1. The molecule has 2 rings (SSSR count). The minimum atomic E-state index is -0.104. The lowest BCUT2D eigenvalue weighted by Crippen LogP contribution is -2.28. The van der Waals surface area contributed by atoms with Crippen molar-refractivity contribution in [2.75, 3.05) is 20.3 Å². The van der Waals surface area contributed by atoms with Gasteiger partial charge in [0.1, 0.15) is 12.4 Å². The van der Waals surface area contributed by atoms with Crippen molar-refractivity contribution >= 4 is 0 Å². The number of aliphatic hydroxyl groups excluding tert-OH is 1. The van der Waals surface area contributed by atoms with Gasteiger partial charge in [0.05, 0.1) is 7.11 Å². The molecular weight excluding hydrogens is 250 g/mol. The SMILES string of the molecule is CCC1CCCN1Cc1cc(OC)ccc1C#CCO. The van der Waals surface area contributed by atoms with Gasteiger partial charge in [-0.05, 0) is 49.6 Å². The van der Waals surface area contributed by atoms with Gasteiger partial charge in [0.25, 0.3) is 0 Å². The Hall–Kier alpha value is -1.50. The van der Waals surface area contributed by atoms with Gasteiger partial charge in [-0.2, -0.15) is 0 Å². The largest absolute Gasteiger partial charge is 0.497 e. The maximum absolute atomic E-state index is 8.87. The van der Waals surface area contributed by atoms with E-state index in [0.717, 1.165) is 24.4 Å². The first-order valence-electron chi connectivity index (χ1n) is 7.29. The monoisotopic (exact) mass is 273 g/mol. The van der Waals surface area contributed by atoms with Crippen LogP contribution in [0.2, 0.25) is 0 Å². The summed E-state index contributed by atoms with van der Waals surface area (Å²) < 4.78 is 5.32. The van der Waals surface area contributed by atoms with Crippen LogP contribution in [0.15, 0.2) is 18.2 Å². The number of benzene rings is 1. The molecule has 0 aromatic heterocycles. The molecule has 1 heterocycles. The number of ether oxygens (including phenoxy) is 1. The first-order valence-corrected chi connectivity index (χ1v) is 7.29. The molecule has 0 bridgehead atoms. The van der Waals surface area contributed by atoms with E-state index in [9.17, 15) is 0 Å². The predicted molar refractivity (Wildman–Crippen MR) is 80.7 cm³/mol. The van der Waals surface area contributed by atoms with Crippen molar-refractivity contribution in [1.82, 2.24) is 4.90 Å². The maximum atomic E-state index is 8.87. The zero-order valence-corrected chi connectivity index (χ0v) is 12.4. The molecule has 1 aromatic rings. The van der Waals surface area contributed by atoms with Gasteiger partial charge in [-0.25, -0.2) is 0 Å². The lowest BCUT2D eigenvalue weighted by molar-refractivity contribution is 0.239. The van der Waals surface area contributed by atoms with E-state index in [2.05, 4.69) is 29.7 Å². The van der Waals surface area contributed by atoms with Gasteiger partial charge < -0.3 is 9.84 Å². The van der Waals surface area contributed by atoms with Crippen LogP contribution in [0.4, 0.5) is 0 Å². The second kappa shape index (κ2) is 7.33. The molecule has 1 unspecified atom stereocenters. The summed E-state index contributed by atoms with van der Waals surface area (Å²) in [5.74, 6) is 6.64. The molecule has 108 valence electrons. The molecule has 20 heavy (non-hydrogen) atoms. The number of hydrogen-bond acceptors (Lipinski definition) is 3. The molecule has 1 aromatic carbocycles. The smallest absolute Gasteiger partial charge is 0.119 e. The first kappa shape index (κ1) is 14.9. The van der Waals surface area contributed by atoms with E-state index in [-0.39, 0.29) is 6.61 Å². The van der Waals surface area contributed by atoms with Crippen LogP contribution in [0.5, 0.6) is 5.75 Å². The number of methoxy groups -OCH3 is 1. The van der Waals surface area contributed by atoms with Crippen molar-refractivity contribution in [2.24, 2.45) is 0 Å². The maximum Gasteiger partial charge on any atom is 0.119 e. The fourth-order valence-electron chi connectivity index (χ4n) is 2.87. The van der Waals surface area contributed by atoms with Gasteiger partial charge in [-0.1, -0.05) is 18.8 Å². The van der Waals surface area contributed by atoms with E-state index < -0.39 is 0 Å². The quantitative estimate of drug-likeness (QED) is 0.855. The van der Waals surface area contributed by atoms with Crippen LogP contribution in [-0.2, 0) is 6.54 Å². The highest BCUT2D eigenvalue weighted by atomic mass is 16.5. The minimum Gasteiger partial charge on any atom is -0.497 e. The summed E-state index contributed by atoms with van der Waals surface area (Å²) in [5, 5.41) is 8.87. The molecule has 0 amide bonds. The lowest BCUT2D eigenvalue weighted by Gasteiger charge is -2.24. The summed E-state index contributed by atoms with van der Waals surface area (Å²) >= 11 is 0. The Labute approximate surface area is 121 Å². The standard InChI is InChI=1S/C17H23NO2/c1-3-16-7-4-10-18(16)13-15-12-17(20-2)9-8-14(15)6-5-11-19/h8-9,12,16,19H,3-4,7,10-11,13H2,1-2H3. The fourth-order valence-corrected chi connectivity index (χ4v) is 2.87. The van der Waals surface area contributed by atoms with E-state index in [1.165, 1.54) is 24.8 Å². The molecule has 3 heteroatoms. The average molecular weight is 273 g/mol. The normalized spacial score (nSPS) is 18.6. The van der Waals surface area contributed by atoms with E-state index >= 15 is 0 Å². The Morgan fingerprint density at radius 3 is 3.00 bits per heavy atom. The Bertz CT molecular complexity index is 501. The third kappa shape index (κ3) is 3.53. The minimum absolute atomic E-state index is 0.104. The third-order valence-electron chi connectivity index (χ3n) is 3.96. The number of nitrogens with zero attached hydrogens (tertiary/aromatic N) is 1. The van der Waals surface area contributed by atoms with Crippen molar-refractivity contribution in [2.45, 2.75) is 38.8 Å². The molecule has 0 spiro atoms. The summed E-state index contributed by atoms with van der Waals surface area (Å²) in [6, 6.07) is 6.65. The van der Waals surface area contributed by atoms with E-state index in [4.69, 9.17) is 9.84 Å². The van der Waals surface area contributed by atoms with Crippen LogP contribution >= 0.6 is 0 Å². The molecule has 0 aliphatic carbocycles. The Morgan fingerprint density at radius 1 is 1.45 bits per heavy atom. The Balaban J connectivity index is 2.23. The summed E-state index contributed by atoms with van der Waals surface area (Å²) in [5.41, 5.74) is 2.17. The van der Waals surface area contributed by atoms with Gasteiger partial charge in [0.15, 0.2) is 0 Å². The number of hydrogen-bond donors (Lipinski definition) is 1. The molecule has 1 aliphatic rings. The van der Waals surface area contributed by atoms with Crippen LogP contribution < -0.4 is 4.74 Å². The molecule has 3 nitrogen and oxygen atoms in total. The van der Waals surface area contributed by atoms with E-state index in [1.54, 1.807) is 7.11 Å². The van der Waals surface area contributed by atoms with Crippen molar-refractivity contribution < 1.29 is 9.84 Å². The molecule has 1 saturated heterocycles. The zero-order valence-electron chi connectivity index (χ0n) is 12.4. The molecule has 0 saturated carbocycles. The van der Waals surface area contributed by atoms with Crippen LogP contribution in [0.25, 0.3) is 0 Å². The molecule has 1 N–H and O–H groups in total. The molecule has 0 radical (unpaired) electrons. The average Bonchev–Trinajstić information content (AvgIpc) is 2.93. The summed E-state index contributed by atoms with van der Waals surface area (Å²) in [6.07, 6.45) is 3.76. The first-order chi connectivity index (χ1) is 9.78. The van der Waals surface area contributed by atoms with Crippen LogP contribution in [-0.4, -0.2) is 36.3 Å². The van der Waals surface area contributed by atoms with Crippen LogP contribution in [0, 0.1) is 11.8 Å². The second-order valence-corrected chi connectivity index (χ2v) is 5.16. The zero-order chi connectivity index (χ0) is 14.4. The van der Waals surface area contributed by atoms with Crippen molar-refractivity contribution in [3.05, 3.63) is 29.3 Å². The van der Waals surface area contributed by atoms with Crippen molar-refractivity contribution in [1.29, 1.82) is 0 Å². The summed E-state index contributed by atoms with van der Waals surface area (Å²) in [7, 11) is 1.68. The topological polar surface area (TPSA) is 32.7 Å². The molecule has 1 fully saturated rings. The van der Waals surface area contributed by atoms with Gasteiger partial charge in [-0.15, -0.1) is 0 Å². The predicted octanol–water partition coefficient (Wildman–Crippen LogP) is 2.41. The number of rotatable bonds is 4. The van der Waals surface area contributed by atoms with Gasteiger partial charge >= 0.3 is 0 Å². The Kier molecular flexibility index (Phi) is 5.46. The van der Waals surface area contributed by atoms with Gasteiger partial charge in [-0.3, -0.25) is 4.90 Å². The highest BCUT2D eigenvalue weighted by molar-refractivity contribution is 5.45. The van der Waals surface area contributed by atoms with Crippen LogP contribution in [0.1, 0.15) is 37.3 Å². The van der Waals surface area contributed by atoms with Gasteiger partial charge in [0, 0.05) is 18.2 Å². The summed E-state index contributed by atoms with van der Waals surface area (Å²) in [6.45, 7) is 4.21. The summed E-state index contributed by atoms with van der Waals surface area (Å²) in [4.78, 5) is 2.53. The Morgan fingerprint density at radius 2 is 2.30 bits per heavy atom. The number of aliphatic hydroxyl groups is 1. The molecule has 1 aliphatic heterocycles. The van der Waals surface area contributed by atoms with Crippen molar-refractivity contribution in [3.63, 3.8) is 0 Å². The van der Waals surface area contributed by atoms with Crippen molar-refractivity contribution in [3.8, 4) is 17.6 Å². The fraction of sp³-hybridized carbons (Fsp3) is 0.529. The third-order valence-corrected chi connectivity index (χ3v) is 3.96. The van der Waals surface area contributed by atoms with E-state index in [1.807, 2.05) is 12.1 Å². The second-order valence-electron chi connectivity index (χ2n) is 5.16.